The normalized spacial score (nSPS) is 14.8. The van der Waals surface area contributed by atoms with E-state index in [0.29, 0.717) is 0 Å². The molecule has 1 aromatic heterocycles. The van der Waals surface area contributed by atoms with Gasteiger partial charge in [0, 0.05) is 32.5 Å². The molecule has 1 N–H and O–H groups in total. The van der Waals surface area contributed by atoms with Crippen molar-refractivity contribution in [3.05, 3.63) is 17.2 Å². The summed E-state index contributed by atoms with van der Waals surface area (Å²) in [6.45, 7) is 6.06. The molecule has 0 amide bonds. The maximum atomic E-state index is 5.03. The van der Waals surface area contributed by atoms with Gasteiger partial charge in [-0.3, -0.25) is 0 Å². The van der Waals surface area contributed by atoms with Gasteiger partial charge in [0.25, 0.3) is 0 Å². The van der Waals surface area contributed by atoms with Crippen molar-refractivity contribution in [3.8, 4) is 0 Å². The Morgan fingerprint density at radius 3 is 2.94 bits per heavy atom. The zero-order valence-corrected chi connectivity index (χ0v) is 11.7. The van der Waals surface area contributed by atoms with Crippen molar-refractivity contribution in [2.24, 2.45) is 0 Å². The predicted molar refractivity (Wildman–Crippen MR) is 73.0 cm³/mol. The first-order valence-electron chi connectivity index (χ1n) is 7.07. The third kappa shape index (κ3) is 3.33. The smallest absolute Gasteiger partial charge is 0.106 e. The first-order valence-corrected chi connectivity index (χ1v) is 7.07. The van der Waals surface area contributed by atoms with Crippen molar-refractivity contribution >= 4 is 0 Å². The molecule has 1 aromatic rings. The Morgan fingerprint density at radius 1 is 1.28 bits per heavy atom. The highest BCUT2D eigenvalue weighted by atomic mass is 16.5. The molecule has 0 aliphatic heterocycles. The number of ether oxygens (including phenoxy) is 1. The maximum Gasteiger partial charge on any atom is 0.106 e. The fraction of sp³-hybridized carbons (Fsp3) is 0.786. The largest absolute Gasteiger partial charge is 0.385 e. The van der Waals surface area contributed by atoms with E-state index >= 15 is 0 Å². The van der Waals surface area contributed by atoms with Gasteiger partial charge in [-0.1, -0.05) is 0 Å². The van der Waals surface area contributed by atoms with Crippen LogP contribution in [-0.2, 0) is 24.1 Å². The number of aryl methyl sites for hydroxylation is 2. The van der Waals surface area contributed by atoms with Crippen LogP contribution in [0.25, 0.3) is 0 Å². The maximum absolute atomic E-state index is 5.03. The minimum atomic E-state index is 0.840. The van der Waals surface area contributed by atoms with Crippen LogP contribution >= 0.6 is 0 Å². The Balaban J connectivity index is 1.80. The van der Waals surface area contributed by atoms with Crippen LogP contribution < -0.4 is 5.32 Å². The van der Waals surface area contributed by atoms with Crippen LogP contribution in [0.5, 0.6) is 0 Å². The standard InChI is InChI=1S/C14H25N3O/c1-12-16-13-6-3-4-7-14(13)17(12)10-9-15-8-5-11-18-2/h15H,3-11H2,1-2H3. The summed E-state index contributed by atoms with van der Waals surface area (Å²) in [5.41, 5.74) is 2.83. The number of imidazole rings is 1. The molecule has 1 heterocycles. The molecule has 0 bridgehead atoms. The van der Waals surface area contributed by atoms with Crippen LogP contribution in [0, 0.1) is 6.92 Å². The predicted octanol–water partition coefficient (Wildman–Crippen LogP) is 1.70. The first-order chi connectivity index (χ1) is 8.83. The molecule has 0 radical (unpaired) electrons. The highest BCUT2D eigenvalue weighted by Crippen LogP contribution is 2.21. The molecular formula is C14H25N3O. The average molecular weight is 251 g/mol. The minimum Gasteiger partial charge on any atom is -0.385 e. The van der Waals surface area contributed by atoms with Gasteiger partial charge in [0.2, 0.25) is 0 Å². The summed E-state index contributed by atoms with van der Waals surface area (Å²) in [5.74, 6) is 1.18. The molecule has 0 fully saturated rings. The van der Waals surface area contributed by atoms with E-state index in [9.17, 15) is 0 Å². The molecule has 2 rings (SSSR count). The van der Waals surface area contributed by atoms with Crippen LogP contribution in [0.2, 0.25) is 0 Å². The number of nitrogens with zero attached hydrogens (tertiary/aromatic N) is 2. The van der Waals surface area contributed by atoms with Crippen LogP contribution in [0.4, 0.5) is 0 Å². The molecule has 4 nitrogen and oxygen atoms in total. The summed E-state index contributed by atoms with van der Waals surface area (Å²) >= 11 is 0. The van der Waals surface area contributed by atoms with Gasteiger partial charge in [-0.05, 0) is 45.6 Å². The zero-order chi connectivity index (χ0) is 12.8. The van der Waals surface area contributed by atoms with Gasteiger partial charge >= 0.3 is 0 Å². The summed E-state index contributed by atoms with van der Waals surface area (Å²) in [5, 5.41) is 3.46. The minimum absolute atomic E-state index is 0.840. The number of methoxy groups -OCH3 is 1. The van der Waals surface area contributed by atoms with Crippen molar-refractivity contribution in [2.75, 3.05) is 26.8 Å². The highest BCUT2D eigenvalue weighted by Gasteiger charge is 2.17. The van der Waals surface area contributed by atoms with E-state index in [0.717, 1.165) is 32.7 Å². The van der Waals surface area contributed by atoms with Gasteiger partial charge in [-0.2, -0.15) is 0 Å². The second kappa shape index (κ2) is 6.90. The number of aromatic nitrogens is 2. The fourth-order valence-corrected chi connectivity index (χ4v) is 2.69. The van der Waals surface area contributed by atoms with Gasteiger partial charge in [0.05, 0.1) is 5.69 Å². The molecule has 0 spiro atoms. The SMILES string of the molecule is COCCCNCCn1c(C)nc2c1CCCC2. The van der Waals surface area contributed by atoms with Crippen LogP contribution in [0.3, 0.4) is 0 Å². The summed E-state index contributed by atoms with van der Waals surface area (Å²) in [4.78, 5) is 4.69. The third-order valence-electron chi connectivity index (χ3n) is 3.64. The first kappa shape index (κ1) is 13.6. The van der Waals surface area contributed by atoms with E-state index in [1.807, 2.05) is 0 Å². The number of rotatable bonds is 7. The molecule has 0 saturated heterocycles. The Labute approximate surface area is 110 Å². The Hall–Kier alpha value is -0.870. The van der Waals surface area contributed by atoms with Gasteiger partial charge in [0.1, 0.15) is 5.82 Å². The zero-order valence-electron chi connectivity index (χ0n) is 11.7. The molecule has 0 saturated carbocycles. The number of fused-ring (bicyclic) bond motifs is 1. The molecule has 102 valence electrons. The number of hydrogen-bond donors (Lipinski definition) is 1. The van der Waals surface area contributed by atoms with Crippen LogP contribution in [0.1, 0.15) is 36.5 Å². The molecular weight excluding hydrogens is 226 g/mol. The molecule has 0 atom stereocenters. The lowest BCUT2D eigenvalue weighted by atomic mass is 10.0. The topological polar surface area (TPSA) is 39.1 Å². The van der Waals surface area contributed by atoms with Crippen LogP contribution in [0.15, 0.2) is 0 Å². The van der Waals surface area contributed by atoms with Gasteiger partial charge in [-0.15, -0.1) is 0 Å². The van der Waals surface area contributed by atoms with E-state index in [1.165, 1.54) is 42.9 Å². The van der Waals surface area contributed by atoms with E-state index in [-0.39, 0.29) is 0 Å². The summed E-state index contributed by atoms with van der Waals surface area (Å²) in [6, 6.07) is 0. The summed E-state index contributed by atoms with van der Waals surface area (Å²) < 4.78 is 7.43. The lowest BCUT2D eigenvalue weighted by Gasteiger charge is -2.15. The van der Waals surface area contributed by atoms with E-state index in [2.05, 4.69) is 16.8 Å². The molecule has 18 heavy (non-hydrogen) atoms. The third-order valence-corrected chi connectivity index (χ3v) is 3.64. The second-order valence-electron chi connectivity index (χ2n) is 5.01. The second-order valence-corrected chi connectivity index (χ2v) is 5.01. The Bertz CT molecular complexity index is 373. The van der Waals surface area contributed by atoms with Gasteiger partial charge in [0.15, 0.2) is 0 Å². The number of hydrogen-bond acceptors (Lipinski definition) is 3. The van der Waals surface area contributed by atoms with E-state index in [4.69, 9.17) is 9.72 Å². The Morgan fingerprint density at radius 2 is 2.11 bits per heavy atom. The average Bonchev–Trinajstić information content (AvgIpc) is 2.70. The quantitative estimate of drug-likeness (QED) is 0.750. The highest BCUT2D eigenvalue weighted by molar-refractivity contribution is 5.19. The lowest BCUT2D eigenvalue weighted by molar-refractivity contribution is 0.194. The van der Waals surface area contributed by atoms with Gasteiger partial charge < -0.3 is 14.6 Å². The Kier molecular flexibility index (Phi) is 5.20. The van der Waals surface area contributed by atoms with Crippen LogP contribution in [-0.4, -0.2) is 36.4 Å². The van der Waals surface area contributed by atoms with E-state index in [1.54, 1.807) is 7.11 Å². The van der Waals surface area contributed by atoms with Gasteiger partial charge in [-0.25, -0.2) is 4.98 Å². The lowest BCUT2D eigenvalue weighted by Crippen LogP contribution is -2.23. The summed E-state index contributed by atoms with van der Waals surface area (Å²) in [6.07, 6.45) is 6.08. The van der Waals surface area contributed by atoms with Crippen molar-refractivity contribution in [2.45, 2.75) is 45.6 Å². The monoisotopic (exact) mass is 251 g/mol. The fourth-order valence-electron chi connectivity index (χ4n) is 2.69. The van der Waals surface area contributed by atoms with Crippen molar-refractivity contribution in [1.82, 2.24) is 14.9 Å². The summed E-state index contributed by atoms with van der Waals surface area (Å²) in [7, 11) is 1.75. The molecule has 1 aliphatic carbocycles. The van der Waals surface area contributed by atoms with E-state index < -0.39 is 0 Å². The number of nitrogens with one attached hydrogen (secondary N) is 1. The molecule has 4 heteroatoms. The molecule has 0 aromatic carbocycles. The van der Waals surface area contributed by atoms with Crippen molar-refractivity contribution in [1.29, 1.82) is 0 Å². The van der Waals surface area contributed by atoms with Crippen molar-refractivity contribution in [3.63, 3.8) is 0 Å². The molecule has 0 unspecified atom stereocenters. The molecule has 1 aliphatic rings. The van der Waals surface area contributed by atoms with Crippen molar-refractivity contribution < 1.29 is 4.74 Å².